The Morgan fingerprint density at radius 1 is 0.703 bits per heavy atom. The first-order chi connectivity index (χ1) is 18.3. The van der Waals surface area contributed by atoms with Gasteiger partial charge in [0.15, 0.2) is 11.5 Å². The van der Waals surface area contributed by atoms with Crippen molar-refractivity contribution in [2.45, 2.75) is 26.0 Å². The summed E-state index contributed by atoms with van der Waals surface area (Å²) in [6.45, 7) is 7.24. The van der Waals surface area contributed by atoms with Crippen LogP contribution in [-0.4, -0.2) is 37.7 Å². The average molecular weight is 493 g/mol. The molecule has 1 heterocycles. The molecule has 0 bridgehead atoms. The maximum atomic E-state index is 6.20. The molecule has 0 radical (unpaired) electrons. The molecule has 5 rings (SSSR count). The maximum absolute atomic E-state index is 6.20. The van der Waals surface area contributed by atoms with E-state index in [1.165, 1.54) is 22.3 Å². The lowest BCUT2D eigenvalue weighted by molar-refractivity contribution is 0.238. The Hall–Kier alpha value is -3.60. The second kappa shape index (κ2) is 12.6. The van der Waals surface area contributed by atoms with Crippen LogP contribution in [0.1, 0.15) is 36.1 Å². The Labute approximate surface area is 220 Å². The first-order valence-corrected chi connectivity index (χ1v) is 13.4. The largest absolute Gasteiger partial charge is 0.490 e. The molecule has 0 amide bonds. The van der Waals surface area contributed by atoms with Crippen LogP contribution in [0.4, 0.5) is 0 Å². The van der Waals surface area contributed by atoms with Crippen molar-refractivity contribution in [2.24, 2.45) is 0 Å². The standard InChI is InChI=1S/C33H36N2O2/c1-2-36-32-24-30(18-19-31(32)37-25-26-10-5-3-6-11-26)33(35-22-9-20-34-21-23-35)29-16-14-28(15-17-29)27-12-7-4-8-13-27/h3-8,10-19,24,33-34H,2,9,20-23,25H2,1H3. The summed E-state index contributed by atoms with van der Waals surface area (Å²) in [6.07, 6.45) is 1.13. The quantitative estimate of drug-likeness (QED) is 0.281. The molecule has 190 valence electrons. The molecule has 4 aromatic rings. The number of ether oxygens (including phenoxy) is 2. The van der Waals surface area contributed by atoms with Crippen LogP contribution in [0.3, 0.4) is 0 Å². The smallest absolute Gasteiger partial charge is 0.161 e. The van der Waals surface area contributed by atoms with E-state index in [0.717, 1.165) is 49.7 Å². The molecule has 0 aliphatic carbocycles. The number of benzene rings is 4. The van der Waals surface area contributed by atoms with Gasteiger partial charge in [-0.05, 0) is 59.8 Å². The molecule has 4 nitrogen and oxygen atoms in total. The molecule has 0 spiro atoms. The van der Waals surface area contributed by atoms with Gasteiger partial charge in [-0.3, -0.25) is 4.90 Å². The summed E-state index contributed by atoms with van der Waals surface area (Å²) >= 11 is 0. The molecular weight excluding hydrogens is 456 g/mol. The molecule has 1 aliphatic heterocycles. The Balaban J connectivity index is 1.46. The summed E-state index contributed by atoms with van der Waals surface area (Å²) in [7, 11) is 0. The minimum Gasteiger partial charge on any atom is -0.490 e. The zero-order valence-corrected chi connectivity index (χ0v) is 21.6. The van der Waals surface area contributed by atoms with Crippen molar-refractivity contribution in [1.29, 1.82) is 0 Å². The van der Waals surface area contributed by atoms with Crippen LogP contribution in [0.2, 0.25) is 0 Å². The van der Waals surface area contributed by atoms with Gasteiger partial charge < -0.3 is 14.8 Å². The number of hydrogen-bond donors (Lipinski definition) is 1. The molecule has 1 atom stereocenters. The molecule has 1 fully saturated rings. The SMILES string of the molecule is CCOc1cc(C(c2ccc(-c3ccccc3)cc2)N2CCCNCC2)ccc1OCc1ccccc1. The van der Waals surface area contributed by atoms with Gasteiger partial charge in [0.1, 0.15) is 6.61 Å². The van der Waals surface area contributed by atoms with Crippen molar-refractivity contribution >= 4 is 0 Å². The number of nitrogens with zero attached hydrogens (tertiary/aromatic N) is 1. The molecule has 0 aromatic heterocycles. The van der Waals surface area contributed by atoms with Gasteiger partial charge in [-0.15, -0.1) is 0 Å². The van der Waals surface area contributed by atoms with E-state index >= 15 is 0 Å². The molecule has 1 N–H and O–H groups in total. The van der Waals surface area contributed by atoms with Crippen molar-refractivity contribution in [3.05, 3.63) is 120 Å². The molecule has 1 aliphatic rings. The highest BCUT2D eigenvalue weighted by Gasteiger charge is 2.24. The summed E-state index contributed by atoms with van der Waals surface area (Å²) in [5, 5.41) is 3.55. The minimum absolute atomic E-state index is 0.145. The molecule has 1 saturated heterocycles. The van der Waals surface area contributed by atoms with Crippen molar-refractivity contribution in [1.82, 2.24) is 10.2 Å². The summed E-state index contributed by atoms with van der Waals surface area (Å²) in [6, 6.07) is 36.5. The fourth-order valence-electron chi connectivity index (χ4n) is 5.04. The summed E-state index contributed by atoms with van der Waals surface area (Å²) in [5.41, 5.74) is 6.14. The van der Waals surface area contributed by atoms with E-state index in [2.05, 4.69) is 95.1 Å². The Kier molecular flexibility index (Phi) is 8.52. The van der Waals surface area contributed by atoms with Crippen LogP contribution in [0.15, 0.2) is 103 Å². The van der Waals surface area contributed by atoms with E-state index in [-0.39, 0.29) is 6.04 Å². The molecule has 0 saturated carbocycles. The highest BCUT2D eigenvalue weighted by Crippen LogP contribution is 2.37. The Bertz CT molecular complexity index is 1230. The molecule has 4 heteroatoms. The van der Waals surface area contributed by atoms with Gasteiger partial charge in [0.05, 0.1) is 12.6 Å². The van der Waals surface area contributed by atoms with E-state index < -0.39 is 0 Å². The van der Waals surface area contributed by atoms with Crippen LogP contribution >= 0.6 is 0 Å². The van der Waals surface area contributed by atoms with Gasteiger partial charge in [-0.2, -0.15) is 0 Å². The molecular formula is C33H36N2O2. The Morgan fingerprint density at radius 2 is 1.41 bits per heavy atom. The Morgan fingerprint density at radius 3 is 2.16 bits per heavy atom. The van der Waals surface area contributed by atoms with Crippen molar-refractivity contribution < 1.29 is 9.47 Å². The van der Waals surface area contributed by atoms with E-state index in [4.69, 9.17) is 9.47 Å². The van der Waals surface area contributed by atoms with Crippen LogP contribution < -0.4 is 14.8 Å². The first-order valence-electron chi connectivity index (χ1n) is 13.4. The summed E-state index contributed by atoms with van der Waals surface area (Å²) < 4.78 is 12.3. The highest BCUT2D eigenvalue weighted by atomic mass is 16.5. The van der Waals surface area contributed by atoms with E-state index in [1.807, 2.05) is 25.1 Å². The van der Waals surface area contributed by atoms with Crippen LogP contribution in [0.25, 0.3) is 11.1 Å². The van der Waals surface area contributed by atoms with Crippen molar-refractivity contribution in [3.8, 4) is 22.6 Å². The van der Waals surface area contributed by atoms with E-state index in [0.29, 0.717) is 13.2 Å². The van der Waals surface area contributed by atoms with Gasteiger partial charge in [0.2, 0.25) is 0 Å². The zero-order chi connectivity index (χ0) is 25.3. The number of nitrogens with one attached hydrogen (secondary N) is 1. The topological polar surface area (TPSA) is 33.7 Å². The fourth-order valence-corrected chi connectivity index (χ4v) is 5.04. The maximum Gasteiger partial charge on any atom is 0.161 e. The van der Waals surface area contributed by atoms with E-state index in [1.54, 1.807) is 0 Å². The van der Waals surface area contributed by atoms with Crippen molar-refractivity contribution in [2.75, 3.05) is 32.8 Å². The third-order valence-corrected chi connectivity index (χ3v) is 6.89. The third kappa shape index (κ3) is 6.40. The van der Waals surface area contributed by atoms with E-state index in [9.17, 15) is 0 Å². The molecule has 1 unspecified atom stereocenters. The van der Waals surface area contributed by atoms with Gasteiger partial charge in [-0.25, -0.2) is 0 Å². The van der Waals surface area contributed by atoms with Crippen LogP contribution in [0.5, 0.6) is 11.5 Å². The second-order valence-corrected chi connectivity index (χ2v) is 9.44. The summed E-state index contributed by atoms with van der Waals surface area (Å²) in [5.74, 6) is 1.58. The molecule has 4 aromatic carbocycles. The van der Waals surface area contributed by atoms with Gasteiger partial charge in [0, 0.05) is 19.6 Å². The normalized spacial score (nSPS) is 15.1. The van der Waals surface area contributed by atoms with Gasteiger partial charge in [0.25, 0.3) is 0 Å². The predicted molar refractivity (Wildman–Crippen MR) is 151 cm³/mol. The lowest BCUT2D eigenvalue weighted by Gasteiger charge is -2.32. The second-order valence-electron chi connectivity index (χ2n) is 9.44. The predicted octanol–water partition coefficient (Wildman–Crippen LogP) is 6.72. The summed E-state index contributed by atoms with van der Waals surface area (Å²) in [4.78, 5) is 2.59. The lowest BCUT2D eigenvalue weighted by atomic mass is 9.94. The lowest BCUT2D eigenvalue weighted by Crippen LogP contribution is -2.33. The van der Waals surface area contributed by atoms with Crippen LogP contribution in [0, 0.1) is 0 Å². The molecule has 37 heavy (non-hydrogen) atoms. The number of hydrogen-bond acceptors (Lipinski definition) is 4. The fraction of sp³-hybridized carbons (Fsp3) is 0.273. The van der Waals surface area contributed by atoms with Gasteiger partial charge >= 0.3 is 0 Å². The zero-order valence-electron chi connectivity index (χ0n) is 21.6. The highest BCUT2D eigenvalue weighted by molar-refractivity contribution is 5.63. The van der Waals surface area contributed by atoms with Gasteiger partial charge in [-0.1, -0.05) is 91.0 Å². The third-order valence-electron chi connectivity index (χ3n) is 6.89. The minimum atomic E-state index is 0.145. The first kappa shape index (κ1) is 25.1. The number of rotatable bonds is 9. The van der Waals surface area contributed by atoms with Crippen molar-refractivity contribution in [3.63, 3.8) is 0 Å². The van der Waals surface area contributed by atoms with Crippen LogP contribution in [-0.2, 0) is 6.61 Å². The average Bonchev–Trinajstić information content (AvgIpc) is 3.24. The monoisotopic (exact) mass is 492 g/mol.